The van der Waals surface area contributed by atoms with Crippen LogP contribution in [0.5, 0.6) is 0 Å². The van der Waals surface area contributed by atoms with Crippen LogP contribution in [-0.4, -0.2) is 44.3 Å². The highest BCUT2D eigenvalue weighted by atomic mass is 19.1. The van der Waals surface area contributed by atoms with Crippen LogP contribution >= 0.6 is 0 Å². The van der Waals surface area contributed by atoms with Gasteiger partial charge in [0, 0.05) is 18.3 Å². The number of alkyl halides is 1. The second-order valence-electron chi connectivity index (χ2n) is 5.14. The Bertz CT molecular complexity index is 626. The molecule has 0 saturated carbocycles. The van der Waals surface area contributed by atoms with Gasteiger partial charge in [-0.25, -0.2) is 9.18 Å². The number of aliphatic hydroxyl groups excluding tert-OH is 2. The van der Waals surface area contributed by atoms with E-state index < -0.39 is 42.5 Å². The average Bonchev–Trinajstić information content (AvgIpc) is 2.75. The van der Waals surface area contributed by atoms with Gasteiger partial charge in [-0.1, -0.05) is 6.92 Å². The average molecular weight is 302 g/mol. The van der Waals surface area contributed by atoms with E-state index in [0.29, 0.717) is 6.42 Å². The number of hydrogen-bond donors (Lipinski definition) is 2. The highest BCUT2D eigenvalue weighted by molar-refractivity contribution is 5.05. The number of halogens is 1. The Labute approximate surface area is 120 Å². The Balaban J connectivity index is 2.50. The van der Waals surface area contributed by atoms with Crippen molar-refractivity contribution in [2.45, 2.75) is 51.4 Å². The normalized spacial score (nSPS) is 29.0. The fourth-order valence-corrected chi connectivity index (χ4v) is 2.44. The van der Waals surface area contributed by atoms with Gasteiger partial charge in [0.2, 0.25) is 0 Å². The lowest BCUT2D eigenvalue weighted by Crippen LogP contribution is -2.43. The lowest BCUT2D eigenvalue weighted by atomic mass is 10.1. The molecule has 1 aliphatic rings. The van der Waals surface area contributed by atoms with Gasteiger partial charge in [0.1, 0.15) is 12.2 Å². The fourth-order valence-electron chi connectivity index (χ4n) is 2.44. The summed E-state index contributed by atoms with van der Waals surface area (Å²) in [6.07, 6.45) is -4.02. The van der Waals surface area contributed by atoms with Crippen molar-refractivity contribution in [2.75, 3.05) is 6.61 Å². The Hall–Kier alpha value is -1.51. The van der Waals surface area contributed by atoms with E-state index in [1.165, 1.54) is 13.1 Å². The predicted octanol–water partition coefficient (Wildman–Crippen LogP) is -0.683. The molecule has 8 heteroatoms. The summed E-state index contributed by atoms with van der Waals surface area (Å²) >= 11 is 0. The van der Waals surface area contributed by atoms with Gasteiger partial charge < -0.3 is 14.9 Å². The van der Waals surface area contributed by atoms with Gasteiger partial charge in [-0.15, -0.1) is 0 Å². The Kier molecular flexibility index (Phi) is 4.60. The molecular formula is C13H19FN2O5. The van der Waals surface area contributed by atoms with E-state index in [2.05, 4.69) is 0 Å². The summed E-state index contributed by atoms with van der Waals surface area (Å²) in [6.45, 7) is 3.00. The molecule has 1 saturated heterocycles. The largest absolute Gasteiger partial charge is 0.394 e. The van der Waals surface area contributed by atoms with Crippen LogP contribution in [0.15, 0.2) is 15.8 Å². The summed E-state index contributed by atoms with van der Waals surface area (Å²) in [5, 5.41) is 18.7. The highest BCUT2D eigenvalue weighted by Crippen LogP contribution is 2.30. The van der Waals surface area contributed by atoms with Crippen LogP contribution in [0.4, 0.5) is 4.39 Å². The quantitative estimate of drug-likeness (QED) is 0.768. The third-order valence-corrected chi connectivity index (χ3v) is 3.56. The van der Waals surface area contributed by atoms with E-state index >= 15 is 0 Å². The van der Waals surface area contributed by atoms with Crippen molar-refractivity contribution in [3.8, 4) is 0 Å². The van der Waals surface area contributed by atoms with Gasteiger partial charge in [0.05, 0.1) is 6.61 Å². The van der Waals surface area contributed by atoms with E-state index in [1.807, 2.05) is 6.92 Å². The summed E-state index contributed by atoms with van der Waals surface area (Å²) in [4.78, 5) is 24.2. The van der Waals surface area contributed by atoms with Crippen LogP contribution in [-0.2, 0) is 11.3 Å². The van der Waals surface area contributed by atoms with Gasteiger partial charge in [-0.3, -0.25) is 13.9 Å². The van der Waals surface area contributed by atoms with E-state index in [0.717, 1.165) is 9.13 Å². The molecule has 1 aromatic heterocycles. The third kappa shape index (κ3) is 2.66. The van der Waals surface area contributed by atoms with E-state index in [1.54, 1.807) is 0 Å². The topological polar surface area (TPSA) is 93.7 Å². The number of nitrogens with zero attached hydrogens (tertiary/aromatic N) is 2. The minimum absolute atomic E-state index is 0.217. The molecular weight excluding hydrogens is 283 g/mol. The first-order valence-electron chi connectivity index (χ1n) is 6.83. The van der Waals surface area contributed by atoms with Gasteiger partial charge in [-0.2, -0.15) is 0 Å². The van der Waals surface area contributed by atoms with Crippen LogP contribution in [0.25, 0.3) is 0 Å². The zero-order chi connectivity index (χ0) is 15.7. The second-order valence-corrected chi connectivity index (χ2v) is 5.14. The van der Waals surface area contributed by atoms with E-state index in [-0.39, 0.29) is 12.1 Å². The molecule has 2 rings (SSSR count). The minimum atomic E-state index is -1.85. The monoisotopic (exact) mass is 302 g/mol. The maximum Gasteiger partial charge on any atom is 0.333 e. The molecule has 1 aliphatic heterocycles. The number of aryl methyl sites for hydroxylation is 1. The van der Waals surface area contributed by atoms with Crippen molar-refractivity contribution in [3.63, 3.8) is 0 Å². The number of aliphatic hydroxyl groups is 2. The van der Waals surface area contributed by atoms with E-state index in [9.17, 15) is 19.1 Å². The van der Waals surface area contributed by atoms with Gasteiger partial charge >= 0.3 is 5.69 Å². The molecule has 2 N–H and O–H groups in total. The molecule has 1 aromatic rings. The first-order chi connectivity index (χ1) is 9.92. The van der Waals surface area contributed by atoms with Crippen molar-refractivity contribution < 1.29 is 19.3 Å². The minimum Gasteiger partial charge on any atom is -0.394 e. The van der Waals surface area contributed by atoms with Crippen molar-refractivity contribution >= 4 is 0 Å². The summed E-state index contributed by atoms with van der Waals surface area (Å²) in [6, 6.07) is 0. The molecule has 0 amide bonds. The lowest BCUT2D eigenvalue weighted by Gasteiger charge is -2.18. The lowest BCUT2D eigenvalue weighted by molar-refractivity contribution is -0.0497. The van der Waals surface area contributed by atoms with Crippen LogP contribution in [0.2, 0.25) is 0 Å². The summed E-state index contributed by atoms with van der Waals surface area (Å²) in [5.74, 6) is 0. The molecule has 118 valence electrons. The molecule has 7 nitrogen and oxygen atoms in total. The van der Waals surface area contributed by atoms with Crippen LogP contribution in [0.3, 0.4) is 0 Å². The SMILES string of the molecule is CCCn1c(=O)c(C)cn([C@@H]2O[C@H](CO)C(O)[C@@H]2F)c1=O. The zero-order valence-corrected chi connectivity index (χ0v) is 11.9. The smallest absolute Gasteiger partial charge is 0.333 e. The first kappa shape index (κ1) is 15.9. The standard InChI is InChI=1S/C13H19FN2O5/c1-3-4-15-11(19)7(2)5-16(13(15)20)12-9(14)10(18)8(6-17)21-12/h5,8-10,12,17-18H,3-4,6H2,1-2H3/t8-,9+,10?,12-/m1/s1. The molecule has 0 bridgehead atoms. The number of hydrogen-bond acceptors (Lipinski definition) is 5. The molecule has 21 heavy (non-hydrogen) atoms. The van der Waals surface area contributed by atoms with E-state index in [4.69, 9.17) is 9.84 Å². The Morgan fingerprint density at radius 1 is 1.43 bits per heavy atom. The van der Waals surface area contributed by atoms with Gasteiger partial charge in [-0.05, 0) is 13.3 Å². The first-order valence-corrected chi connectivity index (χ1v) is 6.83. The maximum atomic E-state index is 14.1. The van der Waals surface area contributed by atoms with Crippen molar-refractivity contribution in [2.24, 2.45) is 0 Å². The van der Waals surface area contributed by atoms with Gasteiger partial charge in [0.25, 0.3) is 5.56 Å². The predicted molar refractivity (Wildman–Crippen MR) is 71.9 cm³/mol. The van der Waals surface area contributed by atoms with Crippen molar-refractivity contribution in [1.29, 1.82) is 0 Å². The molecule has 2 heterocycles. The Morgan fingerprint density at radius 2 is 2.10 bits per heavy atom. The van der Waals surface area contributed by atoms with Crippen molar-refractivity contribution in [1.82, 2.24) is 9.13 Å². The maximum absolute atomic E-state index is 14.1. The summed E-state index contributed by atoms with van der Waals surface area (Å²) in [7, 11) is 0. The van der Waals surface area contributed by atoms with Crippen LogP contribution < -0.4 is 11.2 Å². The highest BCUT2D eigenvalue weighted by Gasteiger charge is 2.45. The molecule has 0 radical (unpaired) electrons. The fraction of sp³-hybridized carbons (Fsp3) is 0.692. The van der Waals surface area contributed by atoms with Crippen LogP contribution in [0, 0.1) is 6.92 Å². The van der Waals surface area contributed by atoms with Crippen LogP contribution in [0.1, 0.15) is 25.1 Å². The molecule has 0 spiro atoms. The number of aromatic nitrogens is 2. The van der Waals surface area contributed by atoms with Gasteiger partial charge in [0.15, 0.2) is 12.4 Å². The molecule has 0 aromatic carbocycles. The summed E-state index contributed by atoms with van der Waals surface area (Å²) in [5.41, 5.74) is -0.836. The van der Waals surface area contributed by atoms with Crippen molar-refractivity contribution in [3.05, 3.63) is 32.6 Å². The summed E-state index contributed by atoms with van der Waals surface area (Å²) < 4.78 is 21.3. The molecule has 4 atom stereocenters. The Morgan fingerprint density at radius 3 is 2.62 bits per heavy atom. The third-order valence-electron chi connectivity index (χ3n) is 3.56. The molecule has 1 fully saturated rings. The zero-order valence-electron chi connectivity index (χ0n) is 11.9. The number of ether oxygens (including phenoxy) is 1. The second kappa shape index (κ2) is 6.08. The molecule has 0 aliphatic carbocycles. The molecule has 1 unspecified atom stereocenters. The number of rotatable bonds is 4.